The number of rotatable bonds is 6. The summed E-state index contributed by atoms with van der Waals surface area (Å²) in [6, 6.07) is 8.21. The van der Waals surface area contributed by atoms with E-state index < -0.39 is 0 Å². The number of aryl methyl sites for hydroxylation is 1. The molecule has 3 heterocycles. The molecule has 1 saturated heterocycles. The molecule has 1 aliphatic heterocycles. The van der Waals surface area contributed by atoms with Crippen molar-refractivity contribution in [3.8, 4) is 0 Å². The third-order valence-corrected chi connectivity index (χ3v) is 5.19. The van der Waals surface area contributed by atoms with Crippen LogP contribution in [0.3, 0.4) is 0 Å². The Morgan fingerprint density at radius 2 is 1.79 bits per heavy atom. The molecule has 1 N–H and O–H groups in total. The summed E-state index contributed by atoms with van der Waals surface area (Å²) in [4.78, 5) is 31.7. The lowest BCUT2D eigenvalue weighted by Crippen LogP contribution is -2.51. The molecule has 2 amide bonds. The minimum absolute atomic E-state index is 0.0289. The third-order valence-electron chi connectivity index (χ3n) is 5.19. The maximum Gasteiger partial charge on any atom is 0.244 e. The average Bonchev–Trinajstić information content (AvgIpc) is 3.38. The molecule has 0 radical (unpaired) electrons. The first-order valence-corrected chi connectivity index (χ1v) is 9.52. The van der Waals surface area contributed by atoms with E-state index in [2.05, 4.69) is 32.6 Å². The fraction of sp³-hybridized carbons (Fsp3) is 0.421. The lowest BCUT2D eigenvalue weighted by atomic mass is 10.1. The van der Waals surface area contributed by atoms with Gasteiger partial charge in [-0.25, -0.2) is 4.68 Å². The Bertz CT molecular complexity index is 942. The van der Waals surface area contributed by atoms with Crippen LogP contribution < -0.4 is 0 Å². The maximum absolute atomic E-state index is 12.5. The number of tetrazole rings is 1. The van der Waals surface area contributed by atoms with Gasteiger partial charge in [0.2, 0.25) is 11.8 Å². The van der Waals surface area contributed by atoms with Crippen LogP contribution in [0.2, 0.25) is 0 Å². The second kappa shape index (κ2) is 8.20. The molecule has 4 rings (SSSR count). The van der Waals surface area contributed by atoms with Crippen molar-refractivity contribution in [3.05, 3.63) is 42.4 Å². The van der Waals surface area contributed by atoms with Crippen molar-refractivity contribution >= 4 is 22.7 Å². The van der Waals surface area contributed by atoms with Crippen LogP contribution in [0.15, 0.2) is 36.8 Å². The van der Waals surface area contributed by atoms with E-state index in [1.165, 1.54) is 22.0 Å². The van der Waals surface area contributed by atoms with E-state index in [9.17, 15) is 9.59 Å². The Hall–Kier alpha value is -3.23. The number of nitrogens with zero attached hydrogens (tertiary/aromatic N) is 6. The standard InChI is InChI=1S/C19H23N7O2/c27-18(7-3-4-15-12-20-17-6-2-1-5-16(15)17)24-8-10-25(11-9-24)19(28)13-26-14-21-22-23-26/h1-2,5-6,12,14,20H,3-4,7-11,13H2. The van der Waals surface area contributed by atoms with Crippen molar-refractivity contribution < 1.29 is 9.59 Å². The average molecular weight is 381 g/mol. The van der Waals surface area contributed by atoms with E-state index in [0.29, 0.717) is 32.6 Å². The van der Waals surface area contributed by atoms with Crippen LogP contribution in [0.25, 0.3) is 10.9 Å². The van der Waals surface area contributed by atoms with Crippen molar-refractivity contribution in [2.45, 2.75) is 25.8 Å². The summed E-state index contributed by atoms with van der Waals surface area (Å²) in [5.41, 5.74) is 2.38. The molecular weight excluding hydrogens is 358 g/mol. The number of carbonyl (C=O) groups is 2. The first kappa shape index (κ1) is 18.1. The van der Waals surface area contributed by atoms with Gasteiger partial charge in [0, 0.05) is 49.7 Å². The highest BCUT2D eigenvalue weighted by Gasteiger charge is 2.24. The van der Waals surface area contributed by atoms with Gasteiger partial charge in [-0.2, -0.15) is 0 Å². The number of aromatic nitrogens is 5. The summed E-state index contributed by atoms with van der Waals surface area (Å²) >= 11 is 0. The highest BCUT2D eigenvalue weighted by atomic mass is 16.2. The lowest BCUT2D eigenvalue weighted by molar-refractivity contribution is -0.140. The number of H-pyrrole nitrogens is 1. The van der Waals surface area contributed by atoms with Gasteiger partial charge >= 0.3 is 0 Å². The Balaban J connectivity index is 1.21. The zero-order valence-electron chi connectivity index (χ0n) is 15.6. The summed E-state index contributed by atoms with van der Waals surface area (Å²) in [7, 11) is 0. The SMILES string of the molecule is O=C(CCCc1c[nH]c2ccccc12)N1CCN(C(=O)Cn2cnnn2)CC1. The molecule has 1 aliphatic rings. The van der Waals surface area contributed by atoms with Gasteiger partial charge in [-0.15, -0.1) is 5.10 Å². The van der Waals surface area contributed by atoms with Gasteiger partial charge < -0.3 is 14.8 Å². The van der Waals surface area contributed by atoms with Gasteiger partial charge in [0.25, 0.3) is 0 Å². The van der Waals surface area contributed by atoms with Gasteiger partial charge in [0.15, 0.2) is 0 Å². The second-order valence-electron chi connectivity index (χ2n) is 6.98. The molecule has 0 atom stereocenters. The quantitative estimate of drug-likeness (QED) is 0.682. The number of benzene rings is 1. The van der Waals surface area contributed by atoms with Crippen molar-refractivity contribution in [1.29, 1.82) is 0 Å². The summed E-state index contributed by atoms with van der Waals surface area (Å²) in [6.45, 7) is 2.39. The molecule has 3 aromatic rings. The fourth-order valence-electron chi connectivity index (χ4n) is 3.62. The molecule has 1 fully saturated rings. The minimum Gasteiger partial charge on any atom is -0.361 e. The van der Waals surface area contributed by atoms with Crippen molar-refractivity contribution in [1.82, 2.24) is 35.0 Å². The molecule has 146 valence electrons. The van der Waals surface area contributed by atoms with Crippen LogP contribution in [0.1, 0.15) is 18.4 Å². The Labute approximate surface area is 162 Å². The predicted octanol–water partition coefficient (Wildman–Crippen LogP) is 0.848. The molecule has 0 aliphatic carbocycles. The van der Waals surface area contributed by atoms with E-state index >= 15 is 0 Å². The monoisotopic (exact) mass is 381 g/mol. The summed E-state index contributed by atoms with van der Waals surface area (Å²) in [5.74, 6) is 0.131. The molecule has 1 aromatic carbocycles. The summed E-state index contributed by atoms with van der Waals surface area (Å²) in [6.07, 6.45) is 5.67. The lowest BCUT2D eigenvalue weighted by Gasteiger charge is -2.34. The zero-order chi connectivity index (χ0) is 19.3. The van der Waals surface area contributed by atoms with E-state index in [1.807, 2.05) is 23.2 Å². The maximum atomic E-state index is 12.5. The number of nitrogens with one attached hydrogen (secondary N) is 1. The minimum atomic E-state index is -0.0289. The van der Waals surface area contributed by atoms with Gasteiger partial charge in [0.1, 0.15) is 12.9 Å². The smallest absolute Gasteiger partial charge is 0.244 e. The number of amides is 2. The number of aromatic amines is 1. The largest absolute Gasteiger partial charge is 0.361 e. The number of piperazine rings is 1. The van der Waals surface area contributed by atoms with E-state index in [4.69, 9.17) is 0 Å². The molecule has 0 spiro atoms. The number of hydrogen-bond acceptors (Lipinski definition) is 5. The van der Waals surface area contributed by atoms with Crippen LogP contribution in [0, 0.1) is 0 Å². The van der Waals surface area contributed by atoms with Crippen molar-refractivity contribution in [2.75, 3.05) is 26.2 Å². The molecule has 0 bridgehead atoms. The van der Waals surface area contributed by atoms with Crippen LogP contribution >= 0.6 is 0 Å². The molecule has 0 saturated carbocycles. The number of hydrogen-bond donors (Lipinski definition) is 1. The van der Waals surface area contributed by atoms with Crippen molar-refractivity contribution in [2.24, 2.45) is 0 Å². The second-order valence-corrected chi connectivity index (χ2v) is 6.98. The topological polar surface area (TPSA) is 100 Å². The highest BCUT2D eigenvalue weighted by molar-refractivity contribution is 5.83. The molecule has 2 aromatic heterocycles. The third kappa shape index (κ3) is 4.03. The Morgan fingerprint density at radius 1 is 1.04 bits per heavy atom. The first-order chi connectivity index (χ1) is 13.7. The van der Waals surface area contributed by atoms with Crippen LogP contribution in [0.4, 0.5) is 0 Å². The zero-order valence-corrected chi connectivity index (χ0v) is 15.6. The molecule has 0 unspecified atom stereocenters. The number of para-hydroxylation sites is 1. The van der Waals surface area contributed by atoms with Crippen LogP contribution in [-0.2, 0) is 22.6 Å². The van der Waals surface area contributed by atoms with E-state index in [-0.39, 0.29) is 18.4 Å². The molecular formula is C19H23N7O2. The van der Waals surface area contributed by atoms with Gasteiger partial charge in [-0.1, -0.05) is 18.2 Å². The number of carbonyl (C=O) groups excluding carboxylic acids is 2. The van der Waals surface area contributed by atoms with E-state index in [1.54, 1.807) is 4.90 Å². The van der Waals surface area contributed by atoms with E-state index in [0.717, 1.165) is 18.4 Å². The molecule has 9 nitrogen and oxygen atoms in total. The molecule has 28 heavy (non-hydrogen) atoms. The fourth-order valence-corrected chi connectivity index (χ4v) is 3.62. The Morgan fingerprint density at radius 3 is 2.54 bits per heavy atom. The number of fused-ring (bicyclic) bond motifs is 1. The first-order valence-electron chi connectivity index (χ1n) is 9.52. The summed E-state index contributed by atoms with van der Waals surface area (Å²) in [5, 5.41) is 12.0. The molecule has 9 heteroatoms. The van der Waals surface area contributed by atoms with Gasteiger partial charge in [-0.3, -0.25) is 9.59 Å². The van der Waals surface area contributed by atoms with Crippen LogP contribution in [-0.4, -0.2) is 73.0 Å². The predicted molar refractivity (Wildman–Crippen MR) is 102 cm³/mol. The van der Waals surface area contributed by atoms with Gasteiger partial charge in [0.05, 0.1) is 0 Å². The summed E-state index contributed by atoms with van der Waals surface area (Å²) < 4.78 is 1.41. The highest BCUT2D eigenvalue weighted by Crippen LogP contribution is 2.19. The van der Waals surface area contributed by atoms with Gasteiger partial charge in [-0.05, 0) is 34.9 Å². The normalized spacial score (nSPS) is 14.6. The van der Waals surface area contributed by atoms with Crippen LogP contribution in [0.5, 0.6) is 0 Å². The Kier molecular flexibility index (Phi) is 5.31. The van der Waals surface area contributed by atoms with Crippen molar-refractivity contribution in [3.63, 3.8) is 0 Å².